The molecule has 1 aliphatic heterocycles. The van der Waals surface area contributed by atoms with Gasteiger partial charge in [0.05, 0.1) is 25.7 Å². The molecule has 176 valence electrons. The van der Waals surface area contributed by atoms with Gasteiger partial charge in [0.15, 0.2) is 0 Å². The number of likely N-dealkylation sites (N-methyl/N-ethyl adjacent to an activating group) is 2. The minimum absolute atomic E-state index is 0.0403. The highest BCUT2D eigenvalue weighted by Gasteiger charge is 2.34. The highest BCUT2D eigenvalue weighted by molar-refractivity contribution is 5.97. The maximum atomic E-state index is 13.3. The molecule has 2 rings (SSSR count). The van der Waals surface area contributed by atoms with E-state index in [9.17, 15) is 19.8 Å². The predicted octanol–water partition coefficient (Wildman–Crippen LogP) is 0.0540. The number of aliphatic hydroxyl groups is 2. The summed E-state index contributed by atoms with van der Waals surface area (Å²) in [6, 6.07) is 1.18. The molecular formula is C23H34N4O5. The van der Waals surface area contributed by atoms with Gasteiger partial charge in [0.2, 0.25) is 11.8 Å². The van der Waals surface area contributed by atoms with Crippen molar-refractivity contribution in [1.82, 2.24) is 19.7 Å². The molecule has 0 aliphatic carbocycles. The number of hydrogen-bond donors (Lipinski definition) is 2. The summed E-state index contributed by atoms with van der Waals surface area (Å²) in [4.78, 5) is 35.1. The molecule has 0 bridgehead atoms. The first-order chi connectivity index (χ1) is 15.0. The molecule has 0 fully saturated rings. The topological polar surface area (TPSA) is 106 Å². The second kappa shape index (κ2) is 11.3. The van der Waals surface area contributed by atoms with E-state index in [-0.39, 0.29) is 42.3 Å². The molecule has 1 aromatic rings. The molecule has 2 amide bonds. The van der Waals surface area contributed by atoms with Crippen LogP contribution in [0.25, 0.3) is 0 Å². The fourth-order valence-electron chi connectivity index (χ4n) is 3.34. The predicted molar refractivity (Wildman–Crippen MR) is 120 cm³/mol. The number of carbonyl (C=O) groups excluding carboxylic acids is 2. The van der Waals surface area contributed by atoms with Crippen LogP contribution in [-0.4, -0.2) is 107 Å². The average Bonchev–Trinajstić information content (AvgIpc) is 2.73. The van der Waals surface area contributed by atoms with Gasteiger partial charge in [-0.1, -0.05) is 18.8 Å². The molecule has 0 radical (unpaired) electrons. The van der Waals surface area contributed by atoms with Crippen molar-refractivity contribution < 1.29 is 24.5 Å². The molecule has 4 atom stereocenters. The zero-order valence-corrected chi connectivity index (χ0v) is 19.7. The summed E-state index contributed by atoms with van der Waals surface area (Å²) in [5.74, 6) is 5.13. The first kappa shape index (κ1) is 25.6. The summed E-state index contributed by atoms with van der Waals surface area (Å²) in [6.07, 6.45) is 0.273. The molecule has 0 spiro atoms. The Balaban J connectivity index is 2.42. The number of nitrogens with zero attached hydrogens (tertiary/aromatic N) is 4. The third-order valence-corrected chi connectivity index (χ3v) is 5.28. The number of hydrogen-bond acceptors (Lipinski definition) is 7. The van der Waals surface area contributed by atoms with E-state index in [0.717, 1.165) is 0 Å². The van der Waals surface area contributed by atoms with Crippen LogP contribution in [-0.2, 0) is 4.79 Å². The lowest BCUT2D eigenvalue weighted by molar-refractivity contribution is -0.132. The van der Waals surface area contributed by atoms with Crippen LogP contribution in [0.5, 0.6) is 5.88 Å². The first-order valence-corrected chi connectivity index (χ1v) is 10.7. The second-order valence-electron chi connectivity index (χ2n) is 8.66. The van der Waals surface area contributed by atoms with Gasteiger partial charge in [0, 0.05) is 31.3 Å². The van der Waals surface area contributed by atoms with Gasteiger partial charge in [-0.05, 0) is 34.0 Å². The van der Waals surface area contributed by atoms with Crippen molar-refractivity contribution in [3.8, 4) is 17.7 Å². The number of rotatable bonds is 6. The zero-order chi connectivity index (χ0) is 24.0. The molecule has 0 aromatic carbocycles. The van der Waals surface area contributed by atoms with Gasteiger partial charge in [-0.25, -0.2) is 4.98 Å². The molecule has 2 N–H and O–H groups in total. The van der Waals surface area contributed by atoms with E-state index in [1.54, 1.807) is 41.7 Å². The Morgan fingerprint density at radius 3 is 2.66 bits per heavy atom. The highest BCUT2D eigenvalue weighted by Crippen LogP contribution is 2.27. The Kier molecular flexibility index (Phi) is 9.01. The minimum atomic E-state index is -0.810. The van der Waals surface area contributed by atoms with Crippen LogP contribution < -0.4 is 4.74 Å². The summed E-state index contributed by atoms with van der Waals surface area (Å²) in [6.45, 7) is 6.05. The van der Waals surface area contributed by atoms with Gasteiger partial charge in [-0.3, -0.25) is 9.59 Å². The third kappa shape index (κ3) is 6.66. The van der Waals surface area contributed by atoms with Crippen LogP contribution in [0.15, 0.2) is 12.3 Å². The molecule has 1 aromatic heterocycles. The van der Waals surface area contributed by atoms with E-state index in [1.807, 2.05) is 21.0 Å². The minimum Gasteiger partial charge on any atom is -0.472 e. The summed E-state index contributed by atoms with van der Waals surface area (Å²) in [5, 5.41) is 19.1. The standard InChI is InChI=1S/C23H34N4O5/c1-15-11-27(16(2)14-28)23(31)19-9-18(8-7-17(3)29)10-24-22(19)32-20(15)12-26(6)21(30)13-25(4)5/h9-10,15-17,20,28-29H,11-14H2,1-6H3/t15-,16-,17+,20-/m1/s1. The lowest BCUT2D eigenvalue weighted by atomic mass is 10.00. The van der Waals surface area contributed by atoms with Crippen molar-refractivity contribution >= 4 is 11.8 Å². The molecule has 0 saturated carbocycles. The normalized spacial score (nSPS) is 20.3. The van der Waals surface area contributed by atoms with Crippen LogP contribution in [0.2, 0.25) is 0 Å². The lowest BCUT2D eigenvalue weighted by Gasteiger charge is -2.37. The fraction of sp³-hybridized carbons (Fsp3) is 0.609. The molecular weight excluding hydrogens is 412 g/mol. The van der Waals surface area contributed by atoms with Crippen molar-refractivity contribution in [2.45, 2.75) is 39.0 Å². The van der Waals surface area contributed by atoms with Crippen molar-refractivity contribution in [2.24, 2.45) is 5.92 Å². The van der Waals surface area contributed by atoms with Crippen LogP contribution >= 0.6 is 0 Å². The Labute approximate surface area is 190 Å². The van der Waals surface area contributed by atoms with E-state index in [0.29, 0.717) is 18.7 Å². The quantitative estimate of drug-likeness (QED) is 0.595. The van der Waals surface area contributed by atoms with E-state index < -0.39 is 18.2 Å². The molecule has 1 aliphatic rings. The third-order valence-electron chi connectivity index (χ3n) is 5.28. The SMILES string of the molecule is C[C@H](O)C#Cc1cnc2c(c1)C(=O)N([C@H](C)CO)C[C@@H](C)[C@@H](CN(C)C(=O)CN(C)C)O2. The van der Waals surface area contributed by atoms with E-state index in [2.05, 4.69) is 16.8 Å². The number of fused-ring (bicyclic) bond motifs is 1. The van der Waals surface area contributed by atoms with Crippen LogP contribution in [0.3, 0.4) is 0 Å². The summed E-state index contributed by atoms with van der Waals surface area (Å²) in [5.41, 5.74) is 0.712. The van der Waals surface area contributed by atoms with Crippen molar-refractivity contribution in [3.05, 3.63) is 23.4 Å². The zero-order valence-electron chi connectivity index (χ0n) is 19.7. The van der Waals surface area contributed by atoms with E-state index >= 15 is 0 Å². The summed E-state index contributed by atoms with van der Waals surface area (Å²) in [7, 11) is 5.39. The Morgan fingerprint density at radius 2 is 2.06 bits per heavy atom. The number of aromatic nitrogens is 1. The van der Waals surface area contributed by atoms with Crippen LogP contribution in [0.1, 0.15) is 36.7 Å². The van der Waals surface area contributed by atoms with Crippen LogP contribution in [0.4, 0.5) is 0 Å². The summed E-state index contributed by atoms with van der Waals surface area (Å²) >= 11 is 0. The Morgan fingerprint density at radius 1 is 1.38 bits per heavy atom. The van der Waals surface area contributed by atoms with Gasteiger partial charge >= 0.3 is 0 Å². The highest BCUT2D eigenvalue weighted by atomic mass is 16.5. The molecule has 9 heteroatoms. The largest absolute Gasteiger partial charge is 0.472 e. The van der Waals surface area contributed by atoms with Gasteiger partial charge in [0.1, 0.15) is 17.8 Å². The maximum Gasteiger partial charge on any atom is 0.259 e. The molecule has 0 unspecified atom stereocenters. The Bertz CT molecular complexity index is 877. The second-order valence-corrected chi connectivity index (χ2v) is 8.66. The van der Waals surface area contributed by atoms with Gasteiger partial charge in [-0.15, -0.1) is 0 Å². The van der Waals surface area contributed by atoms with E-state index in [1.165, 1.54) is 6.20 Å². The number of aliphatic hydroxyl groups excluding tert-OH is 2. The first-order valence-electron chi connectivity index (χ1n) is 10.7. The van der Waals surface area contributed by atoms with E-state index in [4.69, 9.17) is 4.74 Å². The van der Waals surface area contributed by atoms with Crippen molar-refractivity contribution in [3.63, 3.8) is 0 Å². The van der Waals surface area contributed by atoms with Gasteiger partial charge in [0.25, 0.3) is 5.91 Å². The van der Waals surface area contributed by atoms with Crippen LogP contribution in [0, 0.1) is 17.8 Å². The van der Waals surface area contributed by atoms with Crippen molar-refractivity contribution in [2.75, 3.05) is 47.4 Å². The average molecular weight is 447 g/mol. The molecule has 9 nitrogen and oxygen atoms in total. The number of carbonyl (C=O) groups is 2. The van der Waals surface area contributed by atoms with Crippen molar-refractivity contribution in [1.29, 1.82) is 0 Å². The smallest absolute Gasteiger partial charge is 0.259 e. The number of ether oxygens (including phenoxy) is 1. The summed E-state index contributed by atoms with van der Waals surface area (Å²) < 4.78 is 6.16. The van der Waals surface area contributed by atoms with Gasteiger partial charge < -0.3 is 29.6 Å². The molecule has 32 heavy (non-hydrogen) atoms. The molecule has 0 saturated heterocycles. The molecule has 2 heterocycles. The Hall–Kier alpha value is -2.67. The fourth-order valence-corrected chi connectivity index (χ4v) is 3.34. The lowest BCUT2D eigenvalue weighted by Crippen LogP contribution is -2.51. The monoisotopic (exact) mass is 446 g/mol. The van der Waals surface area contributed by atoms with Gasteiger partial charge in [-0.2, -0.15) is 0 Å². The maximum absolute atomic E-state index is 13.3. The number of pyridine rings is 1. The number of amides is 2.